The van der Waals surface area contributed by atoms with E-state index in [0.29, 0.717) is 0 Å². The molecule has 0 aliphatic rings. The number of aliphatic imine (C=N–C) groups is 1. The third kappa shape index (κ3) is 5.95. The molecule has 0 N–H and O–H groups in total. The summed E-state index contributed by atoms with van der Waals surface area (Å²) < 4.78 is 0. The van der Waals surface area contributed by atoms with Crippen LogP contribution in [0.15, 0.2) is 10.4 Å². The minimum atomic E-state index is 0. The van der Waals surface area contributed by atoms with E-state index in [-0.39, 0.29) is 29.4 Å². The van der Waals surface area contributed by atoms with Gasteiger partial charge in [-0.05, 0) is 0 Å². The van der Waals surface area contributed by atoms with E-state index in [0.717, 1.165) is 18.9 Å². The summed E-state index contributed by atoms with van der Waals surface area (Å²) in [5.41, 5.74) is 1.31. The first-order chi connectivity index (χ1) is 8.71. The lowest BCUT2D eigenvalue weighted by Gasteiger charge is -2.22. The number of hydrogen-bond donors (Lipinski definition) is 0. The van der Waals surface area contributed by atoms with E-state index in [2.05, 4.69) is 31.1 Å². The van der Waals surface area contributed by atoms with Crippen LogP contribution in [-0.4, -0.2) is 55.5 Å². The number of thiazole rings is 1. The Morgan fingerprint density at radius 1 is 1.20 bits per heavy atom. The topological polar surface area (TPSA) is 31.7 Å². The SMILES string of the molecule is CN(C)C(=NCCc1nc(C(C)(C)C)cs1)N(C)C.I. The van der Waals surface area contributed by atoms with Crippen molar-refractivity contribution in [3.63, 3.8) is 0 Å². The average Bonchev–Trinajstić information content (AvgIpc) is 2.71. The lowest BCUT2D eigenvalue weighted by molar-refractivity contribution is 0.479. The molecular weight excluding hydrogens is 383 g/mol. The zero-order chi connectivity index (χ0) is 14.6. The van der Waals surface area contributed by atoms with Crippen LogP contribution >= 0.6 is 35.3 Å². The van der Waals surface area contributed by atoms with Crippen molar-refractivity contribution in [1.82, 2.24) is 14.8 Å². The number of aromatic nitrogens is 1. The van der Waals surface area contributed by atoms with Crippen molar-refractivity contribution in [2.45, 2.75) is 32.6 Å². The van der Waals surface area contributed by atoms with Gasteiger partial charge in [0, 0.05) is 52.0 Å². The second kappa shape index (κ2) is 8.17. The molecule has 0 saturated heterocycles. The van der Waals surface area contributed by atoms with Crippen LogP contribution in [0, 0.1) is 0 Å². The second-order valence-electron chi connectivity index (χ2n) is 6.10. The van der Waals surface area contributed by atoms with Gasteiger partial charge in [-0.25, -0.2) is 4.98 Å². The number of nitrogens with zero attached hydrogens (tertiary/aromatic N) is 4. The van der Waals surface area contributed by atoms with Crippen molar-refractivity contribution in [2.24, 2.45) is 4.99 Å². The molecule has 0 aliphatic carbocycles. The van der Waals surface area contributed by atoms with Crippen molar-refractivity contribution >= 4 is 41.3 Å². The molecule has 0 aromatic carbocycles. The smallest absolute Gasteiger partial charge is 0.195 e. The first-order valence-electron chi connectivity index (χ1n) is 6.56. The molecule has 1 heterocycles. The summed E-state index contributed by atoms with van der Waals surface area (Å²) in [6.07, 6.45) is 0.909. The fourth-order valence-electron chi connectivity index (χ4n) is 1.70. The Morgan fingerprint density at radius 2 is 1.75 bits per heavy atom. The Labute approximate surface area is 144 Å². The molecule has 0 unspecified atom stereocenters. The maximum Gasteiger partial charge on any atom is 0.195 e. The van der Waals surface area contributed by atoms with Gasteiger partial charge in [-0.15, -0.1) is 35.3 Å². The average molecular weight is 410 g/mol. The summed E-state index contributed by atoms with van der Waals surface area (Å²) in [6.45, 7) is 7.36. The van der Waals surface area contributed by atoms with Crippen LogP contribution in [0.25, 0.3) is 0 Å². The van der Waals surface area contributed by atoms with Crippen molar-refractivity contribution in [2.75, 3.05) is 34.7 Å². The van der Waals surface area contributed by atoms with E-state index in [4.69, 9.17) is 4.98 Å². The minimum absolute atomic E-state index is 0. The quantitative estimate of drug-likeness (QED) is 0.436. The molecule has 116 valence electrons. The van der Waals surface area contributed by atoms with Crippen molar-refractivity contribution in [3.05, 3.63) is 16.1 Å². The minimum Gasteiger partial charge on any atom is -0.349 e. The highest BCUT2D eigenvalue weighted by Gasteiger charge is 2.17. The second-order valence-corrected chi connectivity index (χ2v) is 7.04. The number of guanidine groups is 1. The molecule has 0 saturated carbocycles. The van der Waals surface area contributed by atoms with Gasteiger partial charge in [0.25, 0.3) is 0 Å². The first-order valence-corrected chi connectivity index (χ1v) is 7.43. The third-order valence-electron chi connectivity index (χ3n) is 2.70. The molecule has 0 spiro atoms. The fourth-order valence-corrected chi connectivity index (χ4v) is 2.72. The van der Waals surface area contributed by atoms with Gasteiger partial charge in [0.05, 0.1) is 10.7 Å². The monoisotopic (exact) mass is 410 g/mol. The third-order valence-corrected chi connectivity index (χ3v) is 3.61. The van der Waals surface area contributed by atoms with Gasteiger partial charge in [-0.2, -0.15) is 0 Å². The largest absolute Gasteiger partial charge is 0.349 e. The predicted octanol–water partition coefficient (Wildman–Crippen LogP) is 3.08. The Balaban J connectivity index is 0.00000361. The molecule has 0 amide bonds. The molecule has 0 aliphatic heterocycles. The number of rotatable bonds is 3. The van der Waals surface area contributed by atoms with Gasteiger partial charge in [-0.3, -0.25) is 4.99 Å². The Kier molecular flexibility index (Phi) is 8.01. The van der Waals surface area contributed by atoms with Gasteiger partial charge in [0.1, 0.15) is 0 Å². The van der Waals surface area contributed by atoms with Crippen LogP contribution in [0.4, 0.5) is 0 Å². The van der Waals surface area contributed by atoms with E-state index in [9.17, 15) is 0 Å². The molecule has 6 heteroatoms. The summed E-state index contributed by atoms with van der Waals surface area (Å²) >= 11 is 1.74. The van der Waals surface area contributed by atoms with Crippen LogP contribution in [0.1, 0.15) is 31.5 Å². The maximum atomic E-state index is 4.69. The first kappa shape index (κ1) is 19.6. The fraction of sp³-hybridized carbons (Fsp3) is 0.714. The molecule has 1 rings (SSSR count). The molecule has 0 atom stereocenters. The van der Waals surface area contributed by atoms with E-state index in [1.807, 2.05) is 38.0 Å². The van der Waals surface area contributed by atoms with Crippen LogP contribution in [0.2, 0.25) is 0 Å². The van der Waals surface area contributed by atoms with Gasteiger partial charge in [-0.1, -0.05) is 20.8 Å². The summed E-state index contributed by atoms with van der Waals surface area (Å²) in [7, 11) is 8.06. The molecule has 0 bridgehead atoms. The Hall–Kier alpha value is -0.370. The van der Waals surface area contributed by atoms with E-state index >= 15 is 0 Å². The molecule has 20 heavy (non-hydrogen) atoms. The molecule has 1 aromatic heterocycles. The highest BCUT2D eigenvalue weighted by Crippen LogP contribution is 2.23. The maximum absolute atomic E-state index is 4.69. The molecule has 0 radical (unpaired) electrons. The summed E-state index contributed by atoms with van der Waals surface area (Å²) in [5.74, 6) is 0.993. The Bertz CT molecular complexity index is 423. The zero-order valence-electron chi connectivity index (χ0n) is 13.6. The highest BCUT2D eigenvalue weighted by molar-refractivity contribution is 14.0. The van der Waals surface area contributed by atoms with E-state index < -0.39 is 0 Å². The van der Waals surface area contributed by atoms with Crippen molar-refractivity contribution in [1.29, 1.82) is 0 Å². The number of halogens is 1. The standard InChI is InChI=1S/C14H26N4S.HI/c1-14(2,3)11-10-19-12(16-11)8-9-15-13(17(4)5)18(6)7;/h10H,8-9H2,1-7H3;1H. The van der Waals surface area contributed by atoms with Gasteiger partial charge < -0.3 is 9.80 Å². The summed E-state index contributed by atoms with van der Waals surface area (Å²) in [4.78, 5) is 13.4. The molecule has 1 aromatic rings. The van der Waals surface area contributed by atoms with Crippen LogP contribution in [0.5, 0.6) is 0 Å². The van der Waals surface area contributed by atoms with E-state index in [1.165, 1.54) is 10.7 Å². The van der Waals surface area contributed by atoms with Gasteiger partial charge in [0.15, 0.2) is 5.96 Å². The molecule has 0 fully saturated rings. The van der Waals surface area contributed by atoms with Crippen molar-refractivity contribution < 1.29 is 0 Å². The van der Waals surface area contributed by atoms with Crippen LogP contribution < -0.4 is 0 Å². The zero-order valence-corrected chi connectivity index (χ0v) is 16.7. The Morgan fingerprint density at radius 3 is 2.15 bits per heavy atom. The van der Waals surface area contributed by atoms with Gasteiger partial charge >= 0.3 is 0 Å². The van der Waals surface area contributed by atoms with Gasteiger partial charge in [0.2, 0.25) is 0 Å². The highest BCUT2D eigenvalue weighted by atomic mass is 127. The predicted molar refractivity (Wildman–Crippen MR) is 99.6 cm³/mol. The molecular formula is C14H27IN4S. The van der Waals surface area contributed by atoms with Crippen molar-refractivity contribution in [3.8, 4) is 0 Å². The molecule has 4 nitrogen and oxygen atoms in total. The van der Waals surface area contributed by atoms with Crippen LogP contribution in [-0.2, 0) is 11.8 Å². The lowest BCUT2D eigenvalue weighted by Crippen LogP contribution is -2.35. The van der Waals surface area contributed by atoms with Crippen LogP contribution in [0.3, 0.4) is 0 Å². The lowest BCUT2D eigenvalue weighted by atomic mass is 9.93. The summed E-state index contributed by atoms with van der Waals surface area (Å²) in [6, 6.07) is 0. The van der Waals surface area contributed by atoms with E-state index in [1.54, 1.807) is 11.3 Å². The summed E-state index contributed by atoms with van der Waals surface area (Å²) in [5, 5.41) is 3.34. The number of hydrogen-bond acceptors (Lipinski definition) is 3. The normalized spacial score (nSPS) is 10.8.